The third-order valence-corrected chi connectivity index (χ3v) is 3.49. The molecule has 0 spiro atoms. The van der Waals surface area contributed by atoms with Gasteiger partial charge in [0.1, 0.15) is 0 Å². The van der Waals surface area contributed by atoms with E-state index in [1.54, 1.807) is 0 Å². The number of carbonyl (C=O) groups excluding carboxylic acids is 1. The highest BCUT2D eigenvalue weighted by atomic mass is 16.3. The number of carbonyl (C=O) groups is 1. The van der Waals surface area contributed by atoms with Crippen LogP contribution in [-0.2, 0) is 4.79 Å². The van der Waals surface area contributed by atoms with E-state index in [1.165, 1.54) is 6.42 Å². The van der Waals surface area contributed by atoms with Gasteiger partial charge in [-0.1, -0.05) is 0 Å². The van der Waals surface area contributed by atoms with E-state index < -0.39 is 0 Å². The number of nitrogens with zero attached hydrogens (tertiary/aromatic N) is 1. The lowest BCUT2D eigenvalue weighted by Crippen LogP contribution is -2.40. The molecular formula is C11H20N2O2. The molecule has 0 aromatic carbocycles. The summed E-state index contributed by atoms with van der Waals surface area (Å²) in [7, 11) is 0. The summed E-state index contributed by atoms with van der Waals surface area (Å²) >= 11 is 0. The predicted molar refractivity (Wildman–Crippen MR) is 57.5 cm³/mol. The molecule has 15 heavy (non-hydrogen) atoms. The molecule has 2 aliphatic rings. The lowest BCUT2D eigenvalue weighted by Gasteiger charge is -2.24. The van der Waals surface area contributed by atoms with Crippen molar-refractivity contribution >= 4 is 5.91 Å². The SMILES string of the molecule is O=C(CC1CCCN1)N1CCCC1CO. The highest BCUT2D eigenvalue weighted by Gasteiger charge is 2.29. The molecule has 2 atom stereocenters. The Hall–Kier alpha value is -0.610. The molecule has 0 radical (unpaired) electrons. The maximum atomic E-state index is 11.9. The average molecular weight is 212 g/mol. The van der Waals surface area contributed by atoms with Gasteiger partial charge in [0.2, 0.25) is 5.91 Å². The molecule has 0 aromatic heterocycles. The summed E-state index contributed by atoms with van der Waals surface area (Å²) in [6.45, 7) is 1.99. The topological polar surface area (TPSA) is 52.6 Å². The molecule has 0 aliphatic carbocycles. The first-order chi connectivity index (χ1) is 7.31. The summed E-state index contributed by atoms with van der Waals surface area (Å²) in [4.78, 5) is 13.8. The summed E-state index contributed by atoms with van der Waals surface area (Å²) in [5.41, 5.74) is 0. The van der Waals surface area contributed by atoms with Crippen molar-refractivity contribution in [3.63, 3.8) is 0 Å². The lowest BCUT2D eigenvalue weighted by atomic mass is 10.1. The van der Waals surface area contributed by atoms with Crippen molar-refractivity contribution in [1.82, 2.24) is 10.2 Å². The molecule has 2 saturated heterocycles. The van der Waals surface area contributed by atoms with Gasteiger partial charge in [-0.15, -0.1) is 0 Å². The van der Waals surface area contributed by atoms with Crippen LogP contribution in [0.3, 0.4) is 0 Å². The molecule has 1 amide bonds. The number of amides is 1. The van der Waals surface area contributed by atoms with Gasteiger partial charge >= 0.3 is 0 Å². The minimum absolute atomic E-state index is 0.0823. The Bertz CT molecular complexity index is 227. The van der Waals surface area contributed by atoms with E-state index in [2.05, 4.69) is 5.32 Å². The molecule has 0 saturated carbocycles. The van der Waals surface area contributed by atoms with E-state index in [1.807, 2.05) is 4.90 Å². The molecule has 2 unspecified atom stereocenters. The second kappa shape index (κ2) is 4.94. The molecule has 4 heteroatoms. The van der Waals surface area contributed by atoms with Gasteiger partial charge in [0.15, 0.2) is 0 Å². The van der Waals surface area contributed by atoms with E-state index in [4.69, 9.17) is 5.11 Å². The largest absolute Gasteiger partial charge is 0.394 e. The Morgan fingerprint density at radius 1 is 1.40 bits per heavy atom. The van der Waals surface area contributed by atoms with Gasteiger partial charge in [0.25, 0.3) is 0 Å². The Balaban J connectivity index is 1.83. The smallest absolute Gasteiger partial charge is 0.224 e. The fourth-order valence-electron chi connectivity index (χ4n) is 2.61. The quantitative estimate of drug-likeness (QED) is 0.698. The van der Waals surface area contributed by atoms with Crippen LogP contribution in [0.4, 0.5) is 0 Å². The zero-order valence-corrected chi connectivity index (χ0v) is 9.11. The normalized spacial score (nSPS) is 31.1. The minimum atomic E-state index is 0.0823. The first-order valence-corrected chi connectivity index (χ1v) is 5.95. The molecule has 0 bridgehead atoms. The zero-order valence-electron chi connectivity index (χ0n) is 9.11. The fourth-order valence-corrected chi connectivity index (χ4v) is 2.61. The van der Waals surface area contributed by atoms with Crippen molar-refractivity contribution in [3.05, 3.63) is 0 Å². The number of hydrogen-bond donors (Lipinski definition) is 2. The minimum Gasteiger partial charge on any atom is -0.394 e. The fraction of sp³-hybridized carbons (Fsp3) is 0.909. The van der Waals surface area contributed by atoms with Crippen molar-refractivity contribution in [2.45, 2.75) is 44.2 Å². The van der Waals surface area contributed by atoms with E-state index in [9.17, 15) is 4.79 Å². The van der Waals surface area contributed by atoms with Gasteiger partial charge < -0.3 is 15.3 Å². The monoisotopic (exact) mass is 212 g/mol. The Morgan fingerprint density at radius 2 is 2.27 bits per heavy atom. The van der Waals surface area contributed by atoms with Crippen molar-refractivity contribution < 1.29 is 9.90 Å². The second-order valence-corrected chi connectivity index (χ2v) is 4.56. The van der Waals surface area contributed by atoms with Gasteiger partial charge in [-0.2, -0.15) is 0 Å². The summed E-state index contributed by atoms with van der Waals surface area (Å²) in [6, 6.07) is 0.455. The molecular weight excluding hydrogens is 192 g/mol. The number of hydrogen-bond acceptors (Lipinski definition) is 3. The van der Waals surface area contributed by atoms with Crippen LogP contribution in [-0.4, -0.2) is 47.7 Å². The van der Waals surface area contributed by atoms with Gasteiger partial charge in [0, 0.05) is 19.0 Å². The first-order valence-electron chi connectivity index (χ1n) is 5.95. The van der Waals surface area contributed by atoms with Gasteiger partial charge in [-0.3, -0.25) is 4.79 Å². The maximum absolute atomic E-state index is 11.9. The van der Waals surface area contributed by atoms with E-state index in [0.717, 1.165) is 32.4 Å². The van der Waals surface area contributed by atoms with E-state index in [0.29, 0.717) is 12.5 Å². The molecule has 2 fully saturated rings. The zero-order chi connectivity index (χ0) is 10.7. The van der Waals surface area contributed by atoms with Crippen molar-refractivity contribution in [1.29, 1.82) is 0 Å². The van der Waals surface area contributed by atoms with E-state index in [-0.39, 0.29) is 18.6 Å². The van der Waals surface area contributed by atoms with Crippen LogP contribution in [0.2, 0.25) is 0 Å². The molecule has 4 nitrogen and oxygen atoms in total. The lowest BCUT2D eigenvalue weighted by molar-refractivity contribution is -0.133. The summed E-state index contributed by atoms with van der Waals surface area (Å²) in [5.74, 6) is 0.214. The highest BCUT2D eigenvalue weighted by molar-refractivity contribution is 5.77. The number of rotatable bonds is 3. The predicted octanol–water partition coefficient (Wildman–Crippen LogP) is 0.112. The molecule has 86 valence electrons. The van der Waals surface area contributed by atoms with Crippen LogP contribution in [0.1, 0.15) is 32.1 Å². The van der Waals surface area contributed by atoms with Crippen molar-refractivity contribution in [2.24, 2.45) is 0 Å². The van der Waals surface area contributed by atoms with Crippen LogP contribution in [0, 0.1) is 0 Å². The standard InChI is InChI=1S/C11H20N2O2/c14-8-10-4-2-6-13(10)11(15)7-9-3-1-5-12-9/h9-10,12,14H,1-8H2. The summed E-state index contributed by atoms with van der Waals surface area (Å²) < 4.78 is 0. The number of aliphatic hydroxyl groups is 1. The Morgan fingerprint density at radius 3 is 2.93 bits per heavy atom. The van der Waals surface area contributed by atoms with Crippen LogP contribution in [0.15, 0.2) is 0 Å². The number of likely N-dealkylation sites (tertiary alicyclic amines) is 1. The first kappa shape index (κ1) is 10.9. The summed E-state index contributed by atoms with van der Waals surface area (Å²) in [5, 5.41) is 12.5. The molecule has 0 aromatic rings. The van der Waals surface area contributed by atoms with E-state index >= 15 is 0 Å². The number of aliphatic hydroxyl groups excluding tert-OH is 1. The number of nitrogens with one attached hydrogen (secondary N) is 1. The molecule has 2 N–H and O–H groups in total. The molecule has 2 aliphatic heterocycles. The molecule has 2 heterocycles. The third kappa shape index (κ3) is 2.49. The Kier molecular flexibility index (Phi) is 3.59. The van der Waals surface area contributed by atoms with Crippen molar-refractivity contribution in [2.75, 3.05) is 19.7 Å². The van der Waals surface area contributed by atoms with Gasteiger partial charge in [0.05, 0.1) is 12.6 Å². The van der Waals surface area contributed by atoms with Crippen LogP contribution in [0.5, 0.6) is 0 Å². The highest BCUT2D eigenvalue weighted by Crippen LogP contribution is 2.19. The van der Waals surface area contributed by atoms with Gasteiger partial charge in [-0.25, -0.2) is 0 Å². The third-order valence-electron chi connectivity index (χ3n) is 3.49. The maximum Gasteiger partial charge on any atom is 0.224 e. The second-order valence-electron chi connectivity index (χ2n) is 4.56. The van der Waals surface area contributed by atoms with Crippen LogP contribution in [0.25, 0.3) is 0 Å². The van der Waals surface area contributed by atoms with Crippen molar-refractivity contribution in [3.8, 4) is 0 Å². The molecule has 2 rings (SSSR count). The van der Waals surface area contributed by atoms with Crippen LogP contribution < -0.4 is 5.32 Å². The Labute approximate surface area is 90.6 Å². The summed E-state index contributed by atoms with van der Waals surface area (Å²) in [6.07, 6.45) is 4.90. The average Bonchev–Trinajstić information content (AvgIpc) is 2.86. The van der Waals surface area contributed by atoms with Gasteiger partial charge in [-0.05, 0) is 32.2 Å². The van der Waals surface area contributed by atoms with Crippen LogP contribution >= 0.6 is 0 Å².